The standard InChI is InChI=1S/C18H31FN4/c1-5-23(6-2)13-7-11-21-18(20-4)22-12-10-16-8-9-17(19)14-15(16)3/h8-9,14H,5-7,10-13H2,1-4H3,(H2,20,21,22). The molecule has 0 heterocycles. The molecule has 1 aromatic carbocycles. The van der Waals surface area contributed by atoms with Crippen molar-refractivity contribution >= 4 is 5.96 Å². The van der Waals surface area contributed by atoms with Crippen molar-refractivity contribution in [3.63, 3.8) is 0 Å². The summed E-state index contributed by atoms with van der Waals surface area (Å²) in [6.07, 6.45) is 1.95. The smallest absolute Gasteiger partial charge is 0.190 e. The van der Waals surface area contributed by atoms with Gasteiger partial charge in [-0.25, -0.2) is 4.39 Å². The Hall–Kier alpha value is -1.62. The van der Waals surface area contributed by atoms with Crippen molar-refractivity contribution in [1.29, 1.82) is 0 Å². The predicted molar refractivity (Wildman–Crippen MR) is 96.6 cm³/mol. The van der Waals surface area contributed by atoms with E-state index in [0.717, 1.165) is 62.7 Å². The third kappa shape index (κ3) is 7.46. The molecule has 0 aliphatic heterocycles. The zero-order valence-corrected chi connectivity index (χ0v) is 15.0. The zero-order valence-electron chi connectivity index (χ0n) is 15.0. The summed E-state index contributed by atoms with van der Waals surface area (Å²) in [6.45, 7) is 11.3. The first-order chi connectivity index (χ1) is 11.1. The minimum Gasteiger partial charge on any atom is -0.356 e. The van der Waals surface area contributed by atoms with Crippen LogP contribution in [-0.4, -0.2) is 50.6 Å². The number of hydrogen-bond donors (Lipinski definition) is 2. The van der Waals surface area contributed by atoms with Crippen LogP contribution in [0.15, 0.2) is 23.2 Å². The first-order valence-electron chi connectivity index (χ1n) is 8.52. The zero-order chi connectivity index (χ0) is 17.1. The lowest BCUT2D eigenvalue weighted by molar-refractivity contribution is 0.300. The van der Waals surface area contributed by atoms with Crippen LogP contribution in [0.4, 0.5) is 4.39 Å². The lowest BCUT2D eigenvalue weighted by Crippen LogP contribution is -2.39. The normalized spacial score (nSPS) is 11.8. The van der Waals surface area contributed by atoms with Crippen LogP contribution < -0.4 is 10.6 Å². The van der Waals surface area contributed by atoms with E-state index in [1.54, 1.807) is 13.1 Å². The third-order valence-electron chi connectivity index (χ3n) is 4.05. The molecule has 2 N–H and O–H groups in total. The monoisotopic (exact) mass is 322 g/mol. The molecule has 0 fully saturated rings. The largest absolute Gasteiger partial charge is 0.356 e. The number of hydrogen-bond acceptors (Lipinski definition) is 2. The van der Waals surface area contributed by atoms with Crippen LogP contribution in [0.2, 0.25) is 0 Å². The van der Waals surface area contributed by atoms with Gasteiger partial charge in [-0.15, -0.1) is 0 Å². The van der Waals surface area contributed by atoms with Gasteiger partial charge in [0.2, 0.25) is 0 Å². The van der Waals surface area contributed by atoms with E-state index < -0.39 is 0 Å². The van der Waals surface area contributed by atoms with E-state index in [-0.39, 0.29) is 5.82 Å². The van der Waals surface area contributed by atoms with Gasteiger partial charge in [0.25, 0.3) is 0 Å². The van der Waals surface area contributed by atoms with Gasteiger partial charge in [-0.2, -0.15) is 0 Å². The van der Waals surface area contributed by atoms with Crippen LogP contribution in [0.3, 0.4) is 0 Å². The maximum Gasteiger partial charge on any atom is 0.190 e. The van der Waals surface area contributed by atoms with Gasteiger partial charge < -0.3 is 15.5 Å². The minimum absolute atomic E-state index is 0.176. The topological polar surface area (TPSA) is 39.7 Å². The second-order valence-electron chi connectivity index (χ2n) is 5.63. The quantitative estimate of drug-likeness (QED) is 0.417. The summed E-state index contributed by atoms with van der Waals surface area (Å²) in [4.78, 5) is 6.65. The molecule has 23 heavy (non-hydrogen) atoms. The molecule has 0 aromatic heterocycles. The maximum absolute atomic E-state index is 13.1. The molecule has 0 radical (unpaired) electrons. The molecule has 0 bridgehead atoms. The van der Waals surface area contributed by atoms with E-state index >= 15 is 0 Å². The molecule has 130 valence electrons. The Bertz CT molecular complexity index is 484. The number of aryl methyl sites for hydroxylation is 1. The summed E-state index contributed by atoms with van der Waals surface area (Å²) in [5.74, 6) is 0.647. The average molecular weight is 322 g/mol. The number of guanidine groups is 1. The first kappa shape index (κ1) is 19.4. The van der Waals surface area contributed by atoms with Crippen molar-refractivity contribution < 1.29 is 4.39 Å². The number of nitrogens with one attached hydrogen (secondary N) is 2. The molecule has 0 unspecified atom stereocenters. The highest BCUT2D eigenvalue weighted by Crippen LogP contribution is 2.10. The second kappa shape index (κ2) is 11.0. The SMILES string of the molecule is CCN(CC)CCCNC(=NC)NCCc1ccc(F)cc1C. The Kier molecular flexibility index (Phi) is 9.29. The van der Waals surface area contributed by atoms with E-state index in [0.29, 0.717) is 0 Å². The molecule has 0 atom stereocenters. The lowest BCUT2D eigenvalue weighted by atomic mass is 10.1. The molecule has 0 saturated heterocycles. The molecule has 0 spiro atoms. The van der Waals surface area contributed by atoms with Gasteiger partial charge in [0, 0.05) is 20.1 Å². The fourth-order valence-electron chi connectivity index (χ4n) is 2.53. The molecule has 1 aromatic rings. The van der Waals surface area contributed by atoms with E-state index in [1.165, 1.54) is 6.07 Å². The van der Waals surface area contributed by atoms with Gasteiger partial charge in [0.15, 0.2) is 5.96 Å². The fourth-order valence-corrected chi connectivity index (χ4v) is 2.53. The van der Waals surface area contributed by atoms with Crippen molar-refractivity contribution in [3.05, 3.63) is 35.1 Å². The molecule has 4 nitrogen and oxygen atoms in total. The van der Waals surface area contributed by atoms with E-state index in [4.69, 9.17) is 0 Å². The van der Waals surface area contributed by atoms with Crippen LogP contribution in [-0.2, 0) is 6.42 Å². The Labute approximate surface area is 140 Å². The van der Waals surface area contributed by atoms with Crippen molar-refractivity contribution in [2.45, 2.75) is 33.6 Å². The van der Waals surface area contributed by atoms with Gasteiger partial charge in [0.1, 0.15) is 5.82 Å². The Morgan fingerprint density at radius 2 is 1.87 bits per heavy atom. The van der Waals surface area contributed by atoms with Crippen molar-refractivity contribution in [2.24, 2.45) is 4.99 Å². The van der Waals surface area contributed by atoms with Crippen molar-refractivity contribution in [2.75, 3.05) is 39.8 Å². The molecule has 5 heteroatoms. The van der Waals surface area contributed by atoms with Crippen LogP contribution in [0, 0.1) is 12.7 Å². The van der Waals surface area contributed by atoms with Gasteiger partial charge in [-0.05, 0) is 62.7 Å². The number of rotatable bonds is 9. The highest BCUT2D eigenvalue weighted by atomic mass is 19.1. The van der Waals surface area contributed by atoms with Crippen LogP contribution in [0.25, 0.3) is 0 Å². The highest BCUT2D eigenvalue weighted by Gasteiger charge is 2.02. The van der Waals surface area contributed by atoms with Crippen LogP contribution in [0.5, 0.6) is 0 Å². The average Bonchev–Trinajstić information content (AvgIpc) is 2.55. The Morgan fingerprint density at radius 1 is 1.17 bits per heavy atom. The molecule has 1 rings (SSSR count). The molecule has 0 aliphatic carbocycles. The van der Waals surface area contributed by atoms with Crippen molar-refractivity contribution in [3.8, 4) is 0 Å². The van der Waals surface area contributed by atoms with Crippen LogP contribution >= 0.6 is 0 Å². The summed E-state index contributed by atoms with van der Waals surface area (Å²) in [5.41, 5.74) is 2.16. The maximum atomic E-state index is 13.1. The summed E-state index contributed by atoms with van der Waals surface area (Å²) in [6, 6.07) is 4.95. The number of benzene rings is 1. The highest BCUT2D eigenvalue weighted by molar-refractivity contribution is 5.79. The number of halogens is 1. The van der Waals surface area contributed by atoms with Crippen molar-refractivity contribution in [1.82, 2.24) is 15.5 Å². The number of nitrogens with zero attached hydrogens (tertiary/aromatic N) is 2. The molecule has 0 aliphatic rings. The fraction of sp³-hybridized carbons (Fsp3) is 0.611. The molecule has 0 saturated carbocycles. The number of aliphatic imine (C=N–C) groups is 1. The predicted octanol–water partition coefficient (Wildman–Crippen LogP) is 2.57. The lowest BCUT2D eigenvalue weighted by Gasteiger charge is -2.18. The van der Waals surface area contributed by atoms with E-state index in [2.05, 4.69) is 34.4 Å². The Morgan fingerprint density at radius 3 is 2.48 bits per heavy atom. The minimum atomic E-state index is -0.176. The van der Waals surface area contributed by atoms with Gasteiger partial charge in [-0.3, -0.25) is 4.99 Å². The Balaban J connectivity index is 2.26. The molecular formula is C18H31FN4. The second-order valence-corrected chi connectivity index (χ2v) is 5.63. The van der Waals surface area contributed by atoms with E-state index in [1.807, 2.05) is 13.0 Å². The summed E-state index contributed by atoms with van der Waals surface area (Å²) >= 11 is 0. The first-order valence-corrected chi connectivity index (χ1v) is 8.52. The molecular weight excluding hydrogens is 291 g/mol. The van der Waals surface area contributed by atoms with Crippen LogP contribution in [0.1, 0.15) is 31.4 Å². The van der Waals surface area contributed by atoms with E-state index in [9.17, 15) is 4.39 Å². The summed E-state index contributed by atoms with van der Waals surface area (Å²) in [5, 5.41) is 6.64. The summed E-state index contributed by atoms with van der Waals surface area (Å²) < 4.78 is 13.1. The van der Waals surface area contributed by atoms with Gasteiger partial charge in [0.05, 0.1) is 0 Å². The van der Waals surface area contributed by atoms with Gasteiger partial charge in [-0.1, -0.05) is 19.9 Å². The third-order valence-corrected chi connectivity index (χ3v) is 4.05. The van der Waals surface area contributed by atoms with Gasteiger partial charge >= 0.3 is 0 Å². The summed E-state index contributed by atoms with van der Waals surface area (Å²) in [7, 11) is 1.78. The molecule has 0 amide bonds.